The van der Waals surface area contributed by atoms with Gasteiger partial charge in [-0.1, -0.05) is 23.8 Å². The molecule has 166 valence electrons. The van der Waals surface area contributed by atoms with Gasteiger partial charge in [0, 0.05) is 43.3 Å². The van der Waals surface area contributed by atoms with Gasteiger partial charge in [-0.15, -0.1) is 0 Å². The normalized spacial score (nSPS) is 18.0. The van der Waals surface area contributed by atoms with Crippen molar-refractivity contribution in [3.8, 4) is 0 Å². The predicted octanol–water partition coefficient (Wildman–Crippen LogP) is 4.35. The summed E-state index contributed by atoms with van der Waals surface area (Å²) in [4.78, 5) is 19.4. The molecule has 1 saturated heterocycles. The second-order valence-electron chi connectivity index (χ2n) is 8.37. The van der Waals surface area contributed by atoms with Crippen molar-refractivity contribution in [3.05, 3.63) is 82.9 Å². The molecule has 1 aromatic carbocycles. The Balaban J connectivity index is 1.57. The van der Waals surface area contributed by atoms with Crippen molar-refractivity contribution in [1.82, 2.24) is 19.8 Å². The molecule has 0 aliphatic carbocycles. The van der Waals surface area contributed by atoms with Crippen molar-refractivity contribution in [2.75, 3.05) is 11.9 Å². The highest BCUT2D eigenvalue weighted by Gasteiger charge is 2.41. The Morgan fingerprint density at radius 3 is 2.53 bits per heavy atom. The number of benzene rings is 1. The zero-order valence-electron chi connectivity index (χ0n) is 18.9. The molecule has 6 nitrogen and oxygen atoms in total. The molecule has 0 spiro atoms. The Hall–Kier alpha value is -3.19. The highest BCUT2D eigenvalue weighted by atomic mass is 32.1. The standard InChI is InChI=1S/C25H29N5OS/c1-16-8-10-19(11-9-16)27-22(31)12-14-30-24(20-15-17(2)29(4)18(20)3)23(28-25(30)32)21-7-5-6-13-26-21/h5-11,13,15,23-24H,12,14H2,1-4H3,(H,27,31)(H,28,32)/t23-,24-/m0/s1. The van der Waals surface area contributed by atoms with Crippen LogP contribution in [0.4, 0.5) is 5.69 Å². The third kappa shape index (κ3) is 4.39. The summed E-state index contributed by atoms with van der Waals surface area (Å²) in [6, 6.07) is 15.8. The molecule has 0 saturated carbocycles. The molecular weight excluding hydrogens is 418 g/mol. The van der Waals surface area contributed by atoms with E-state index in [0.29, 0.717) is 18.1 Å². The fourth-order valence-electron chi connectivity index (χ4n) is 4.25. The van der Waals surface area contributed by atoms with E-state index in [-0.39, 0.29) is 18.0 Å². The number of amides is 1. The van der Waals surface area contributed by atoms with Gasteiger partial charge < -0.3 is 20.1 Å². The minimum atomic E-state index is -0.0793. The van der Waals surface area contributed by atoms with Gasteiger partial charge in [-0.3, -0.25) is 9.78 Å². The van der Waals surface area contributed by atoms with Crippen LogP contribution in [0.3, 0.4) is 0 Å². The topological polar surface area (TPSA) is 62.2 Å². The Morgan fingerprint density at radius 1 is 1.16 bits per heavy atom. The third-order valence-electron chi connectivity index (χ3n) is 6.25. The van der Waals surface area contributed by atoms with E-state index in [1.54, 1.807) is 6.20 Å². The molecule has 0 radical (unpaired) electrons. The van der Waals surface area contributed by atoms with Crippen LogP contribution in [0, 0.1) is 20.8 Å². The minimum absolute atomic E-state index is 0.0300. The van der Waals surface area contributed by atoms with Crippen molar-refractivity contribution >= 4 is 28.9 Å². The van der Waals surface area contributed by atoms with Crippen molar-refractivity contribution in [1.29, 1.82) is 0 Å². The van der Waals surface area contributed by atoms with E-state index in [0.717, 1.165) is 16.9 Å². The van der Waals surface area contributed by atoms with E-state index in [1.165, 1.54) is 17.0 Å². The van der Waals surface area contributed by atoms with Gasteiger partial charge in [0.1, 0.15) is 0 Å². The average molecular weight is 448 g/mol. The molecule has 2 atom stereocenters. The Bertz CT molecular complexity index is 1120. The van der Waals surface area contributed by atoms with E-state index in [1.807, 2.05) is 49.4 Å². The molecule has 3 heterocycles. The van der Waals surface area contributed by atoms with Crippen molar-refractivity contribution in [2.45, 2.75) is 39.3 Å². The van der Waals surface area contributed by atoms with Crippen LogP contribution >= 0.6 is 12.2 Å². The maximum atomic E-state index is 12.7. The molecule has 1 aliphatic rings. The number of pyridine rings is 1. The number of carbonyl (C=O) groups excluding carboxylic acids is 1. The zero-order chi connectivity index (χ0) is 22.8. The quantitative estimate of drug-likeness (QED) is 0.550. The molecule has 32 heavy (non-hydrogen) atoms. The molecule has 1 amide bonds. The number of aryl methyl sites for hydroxylation is 2. The molecule has 3 aromatic rings. The highest BCUT2D eigenvalue weighted by molar-refractivity contribution is 7.80. The Labute approximate surface area is 194 Å². The van der Waals surface area contributed by atoms with E-state index in [9.17, 15) is 4.79 Å². The molecule has 0 bridgehead atoms. The summed E-state index contributed by atoms with van der Waals surface area (Å²) in [7, 11) is 2.07. The van der Waals surface area contributed by atoms with E-state index >= 15 is 0 Å². The van der Waals surface area contributed by atoms with Crippen molar-refractivity contribution in [3.63, 3.8) is 0 Å². The maximum absolute atomic E-state index is 12.7. The summed E-state index contributed by atoms with van der Waals surface area (Å²) >= 11 is 5.72. The molecule has 1 fully saturated rings. The minimum Gasteiger partial charge on any atom is -0.352 e. The lowest BCUT2D eigenvalue weighted by Gasteiger charge is -2.28. The second-order valence-corrected chi connectivity index (χ2v) is 8.76. The fourth-order valence-corrected chi connectivity index (χ4v) is 4.58. The fraction of sp³-hybridized carbons (Fsp3) is 0.320. The summed E-state index contributed by atoms with van der Waals surface area (Å²) in [6.07, 6.45) is 2.14. The van der Waals surface area contributed by atoms with Gasteiger partial charge in [0.2, 0.25) is 5.91 Å². The highest BCUT2D eigenvalue weighted by Crippen LogP contribution is 2.40. The number of aromatic nitrogens is 2. The van der Waals surface area contributed by atoms with Crippen LogP contribution < -0.4 is 10.6 Å². The predicted molar refractivity (Wildman–Crippen MR) is 131 cm³/mol. The Morgan fingerprint density at radius 2 is 1.91 bits per heavy atom. The van der Waals surface area contributed by atoms with Crippen LogP contribution in [0.15, 0.2) is 54.7 Å². The van der Waals surface area contributed by atoms with E-state index < -0.39 is 0 Å². The first-order valence-electron chi connectivity index (χ1n) is 10.8. The molecule has 1 aliphatic heterocycles. The zero-order valence-corrected chi connectivity index (χ0v) is 19.7. The van der Waals surface area contributed by atoms with Gasteiger partial charge in [-0.05, 0) is 68.9 Å². The van der Waals surface area contributed by atoms with Gasteiger partial charge >= 0.3 is 0 Å². The number of nitrogens with one attached hydrogen (secondary N) is 2. The summed E-state index contributed by atoms with van der Waals surface area (Å²) in [6.45, 7) is 6.77. The van der Waals surface area contributed by atoms with Crippen LogP contribution in [0.5, 0.6) is 0 Å². The molecular formula is C25H29N5OS. The smallest absolute Gasteiger partial charge is 0.226 e. The van der Waals surface area contributed by atoms with E-state index in [2.05, 4.69) is 52.0 Å². The third-order valence-corrected chi connectivity index (χ3v) is 6.60. The lowest BCUT2D eigenvalue weighted by Crippen LogP contribution is -2.32. The molecule has 4 rings (SSSR count). The van der Waals surface area contributed by atoms with Gasteiger partial charge in [0.15, 0.2) is 5.11 Å². The number of thiocarbonyl (C=S) groups is 1. The van der Waals surface area contributed by atoms with Gasteiger partial charge in [-0.2, -0.15) is 0 Å². The number of carbonyl (C=O) groups is 1. The first-order chi connectivity index (χ1) is 15.3. The monoisotopic (exact) mass is 447 g/mol. The summed E-state index contributed by atoms with van der Waals surface area (Å²) in [5.74, 6) is -0.0300. The van der Waals surface area contributed by atoms with Crippen LogP contribution in [-0.2, 0) is 11.8 Å². The first kappa shape index (κ1) is 22.0. The molecule has 7 heteroatoms. The SMILES string of the molecule is Cc1ccc(NC(=O)CCN2C(=S)N[C@@H](c3ccccn3)[C@@H]2c2cc(C)n(C)c2C)cc1. The second kappa shape index (κ2) is 9.12. The molecule has 0 unspecified atom stereocenters. The van der Waals surface area contributed by atoms with E-state index in [4.69, 9.17) is 12.2 Å². The number of anilines is 1. The lowest BCUT2D eigenvalue weighted by atomic mass is 9.96. The first-order valence-corrected chi connectivity index (χ1v) is 11.2. The Kier molecular flexibility index (Phi) is 6.28. The summed E-state index contributed by atoms with van der Waals surface area (Å²) in [5, 5.41) is 7.09. The number of hydrogen-bond acceptors (Lipinski definition) is 3. The van der Waals surface area contributed by atoms with Crippen LogP contribution in [-0.4, -0.2) is 32.0 Å². The van der Waals surface area contributed by atoms with Crippen molar-refractivity contribution < 1.29 is 4.79 Å². The van der Waals surface area contributed by atoms with Crippen LogP contribution in [0.1, 0.15) is 46.7 Å². The van der Waals surface area contributed by atoms with Gasteiger partial charge in [0.05, 0.1) is 17.8 Å². The average Bonchev–Trinajstić information content (AvgIpc) is 3.25. The summed E-state index contributed by atoms with van der Waals surface area (Å²) in [5.41, 5.74) is 6.48. The number of nitrogens with zero attached hydrogens (tertiary/aromatic N) is 3. The number of rotatable bonds is 6. The summed E-state index contributed by atoms with van der Waals surface area (Å²) < 4.78 is 2.19. The molecule has 2 N–H and O–H groups in total. The van der Waals surface area contributed by atoms with Crippen LogP contribution in [0.2, 0.25) is 0 Å². The lowest BCUT2D eigenvalue weighted by molar-refractivity contribution is -0.116. The maximum Gasteiger partial charge on any atom is 0.226 e. The van der Waals surface area contributed by atoms with Gasteiger partial charge in [-0.25, -0.2) is 0 Å². The van der Waals surface area contributed by atoms with Crippen molar-refractivity contribution in [2.24, 2.45) is 7.05 Å². The number of hydrogen-bond donors (Lipinski definition) is 2. The molecule has 2 aromatic heterocycles. The van der Waals surface area contributed by atoms with Gasteiger partial charge in [0.25, 0.3) is 0 Å². The largest absolute Gasteiger partial charge is 0.352 e. The van der Waals surface area contributed by atoms with Crippen LogP contribution in [0.25, 0.3) is 0 Å².